The zero-order valence-corrected chi connectivity index (χ0v) is 12.6. The maximum Gasteiger partial charge on any atom is 0.238 e. The highest BCUT2D eigenvalue weighted by atomic mass is 19.2. The van der Waals surface area contributed by atoms with E-state index >= 15 is 0 Å². The summed E-state index contributed by atoms with van der Waals surface area (Å²) in [4.78, 5) is 24.7. The zero-order chi connectivity index (χ0) is 17.9. The smallest absolute Gasteiger partial charge is 0.238 e. The van der Waals surface area contributed by atoms with Gasteiger partial charge in [-0.05, 0) is 19.2 Å². The molecule has 0 saturated heterocycles. The predicted molar refractivity (Wildman–Crippen MR) is 79.9 cm³/mol. The van der Waals surface area contributed by atoms with Crippen molar-refractivity contribution in [1.82, 2.24) is 19.9 Å². The van der Waals surface area contributed by atoms with Gasteiger partial charge in [-0.15, -0.1) is 0 Å². The molecule has 0 aliphatic heterocycles. The minimum absolute atomic E-state index is 0.0563. The molecule has 0 saturated carbocycles. The Bertz CT molecular complexity index is 751. The Hall–Kier alpha value is -2.95. The first-order valence-corrected chi connectivity index (χ1v) is 6.64. The van der Waals surface area contributed by atoms with Crippen LogP contribution in [-0.4, -0.2) is 39.4 Å². The molecule has 1 aromatic heterocycles. The maximum atomic E-state index is 13.5. The number of hydrogen-bond donors (Lipinski definition) is 3. The van der Waals surface area contributed by atoms with E-state index in [9.17, 15) is 18.0 Å². The molecule has 24 heavy (non-hydrogen) atoms. The van der Waals surface area contributed by atoms with Crippen LogP contribution >= 0.6 is 0 Å². The number of nitrogens with zero attached hydrogens (tertiary/aromatic N) is 4. The highest BCUT2D eigenvalue weighted by Gasteiger charge is 2.16. The van der Waals surface area contributed by atoms with Crippen molar-refractivity contribution in [2.45, 2.75) is 6.54 Å². The number of nitrogens with one attached hydrogen (secondary N) is 1. The Balaban J connectivity index is 1.98. The molecule has 1 heterocycles. The van der Waals surface area contributed by atoms with Gasteiger partial charge in [-0.2, -0.15) is 15.0 Å². The lowest BCUT2D eigenvalue weighted by Gasteiger charge is -2.15. The first-order valence-electron chi connectivity index (χ1n) is 6.64. The number of aromatic nitrogens is 3. The van der Waals surface area contributed by atoms with E-state index < -0.39 is 29.0 Å². The van der Waals surface area contributed by atoms with E-state index in [0.29, 0.717) is 6.07 Å². The van der Waals surface area contributed by atoms with Gasteiger partial charge in [0.05, 0.1) is 18.8 Å². The number of carbonyl (C=O) groups excluding carboxylic acids is 1. The lowest BCUT2D eigenvalue weighted by Crippen LogP contribution is -2.31. The van der Waals surface area contributed by atoms with E-state index in [4.69, 9.17) is 11.5 Å². The molecule has 0 radical (unpaired) electrons. The van der Waals surface area contributed by atoms with Crippen molar-refractivity contribution in [3.05, 3.63) is 35.4 Å². The summed E-state index contributed by atoms with van der Waals surface area (Å²) < 4.78 is 39.4. The van der Waals surface area contributed by atoms with Crippen LogP contribution in [0.2, 0.25) is 0 Å². The van der Waals surface area contributed by atoms with Gasteiger partial charge in [-0.1, -0.05) is 0 Å². The Morgan fingerprint density at radius 3 is 2.38 bits per heavy atom. The van der Waals surface area contributed by atoms with Crippen LogP contribution in [0.3, 0.4) is 0 Å². The average Bonchev–Trinajstić information content (AvgIpc) is 2.46. The summed E-state index contributed by atoms with van der Waals surface area (Å²) in [6.07, 6.45) is 0. The molecular weight excluding hydrogens is 327 g/mol. The van der Waals surface area contributed by atoms with Gasteiger partial charge < -0.3 is 16.8 Å². The number of amides is 1. The van der Waals surface area contributed by atoms with Crippen LogP contribution in [0.4, 0.5) is 30.8 Å². The quantitative estimate of drug-likeness (QED) is 0.678. The molecule has 0 unspecified atom stereocenters. The second kappa shape index (κ2) is 7.08. The fourth-order valence-electron chi connectivity index (χ4n) is 1.88. The number of carbonyl (C=O) groups is 1. The van der Waals surface area contributed by atoms with Crippen molar-refractivity contribution in [3.63, 3.8) is 0 Å². The zero-order valence-electron chi connectivity index (χ0n) is 12.6. The molecule has 5 N–H and O–H groups in total. The summed E-state index contributed by atoms with van der Waals surface area (Å²) in [6, 6.07) is 1.65. The van der Waals surface area contributed by atoms with Crippen LogP contribution in [0.25, 0.3) is 0 Å². The molecule has 128 valence electrons. The average molecular weight is 341 g/mol. The van der Waals surface area contributed by atoms with Crippen molar-refractivity contribution in [1.29, 1.82) is 0 Å². The molecule has 1 aromatic carbocycles. The third-order valence-electron chi connectivity index (χ3n) is 2.85. The summed E-state index contributed by atoms with van der Waals surface area (Å²) >= 11 is 0. The predicted octanol–water partition coefficient (Wildman–Crippen LogP) is 0.524. The number of nitrogen functional groups attached to an aromatic ring is 2. The minimum atomic E-state index is -1.66. The number of halogens is 3. The number of hydrogen-bond acceptors (Lipinski definition) is 7. The molecule has 2 aromatic rings. The summed E-state index contributed by atoms with van der Waals surface area (Å²) in [5.41, 5.74) is 10.4. The second-order valence-electron chi connectivity index (χ2n) is 4.91. The molecule has 0 fully saturated rings. The number of likely N-dealkylation sites (N-methyl/N-ethyl adjacent to an activating group) is 1. The first-order chi connectivity index (χ1) is 11.3. The third kappa shape index (κ3) is 4.29. The van der Waals surface area contributed by atoms with Crippen LogP contribution in [0, 0.1) is 17.5 Å². The van der Waals surface area contributed by atoms with Crippen molar-refractivity contribution >= 4 is 23.5 Å². The fourth-order valence-corrected chi connectivity index (χ4v) is 1.88. The van der Waals surface area contributed by atoms with Crippen LogP contribution in [0.1, 0.15) is 5.82 Å². The Morgan fingerprint density at radius 1 is 1.12 bits per heavy atom. The van der Waals surface area contributed by atoms with Gasteiger partial charge in [0.25, 0.3) is 0 Å². The number of benzene rings is 1. The van der Waals surface area contributed by atoms with Gasteiger partial charge >= 0.3 is 0 Å². The molecule has 0 bridgehead atoms. The van der Waals surface area contributed by atoms with Crippen LogP contribution < -0.4 is 16.8 Å². The maximum absolute atomic E-state index is 13.5. The molecule has 0 aliphatic carbocycles. The fraction of sp³-hybridized carbons (Fsp3) is 0.231. The summed E-state index contributed by atoms with van der Waals surface area (Å²) in [6.45, 7) is -0.0749. The topological polar surface area (TPSA) is 123 Å². The van der Waals surface area contributed by atoms with E-state index in [0.717, 1.165) is 6.07 Å². The monoisotopic (exact) mass is 341 g/mol. The van der Waals surface area contributed by atoms with Gasteiger partial charge in [0, 0.05) is 0 Å². The molecule has 0 spiro atoms. The van der Waals surface area contributed by atoms with Gasteiger partial charge in [-0.3, -0.25) is 9.69 Å². The second-order valence-corrected chi connectivity index (χ2v) is 4.91. The molecule has 0 aliphatic rings. The number of rotatable bonds is 5. The molecule has 11 heteroatoms. The molecule has 8 nitrogen and oxygen atoms in total. The van der Waals surface area contributed by atoms with Crippen LogP contribution in [-0.2, 0) is 11.3 Å². The SMILES string of the molecule is CN(CC(=O)Nc1ccc(F)c(F)c1F)Cc1nc(N)nc(N)n1. The summed E-state index contributed by atoms with van der Waals surface area (Å²) in [5.74, 6) is -4.97. The van der Waals surface area contributed by atoms with Gasteiger partial charge in [-0.25, -0.2) is 13.2 Å². The van der Waals surface area contributed by atoms with Crippen molar-refractivity contribution in [2.75, 3.05) is 30.4 Å². The van der Waals surface area contributed by atoms with E-state index in [2.05, 4.69) is 20.3 Å². The number of anilines is 3. The Labute approximate surface area is 134 Å². The van der Waals surface area contributed by atoms with Gasteiger partial charge in [0.2, 0.25) is 17.8 Å². The lowest BCUT2D eigenvalue weighted by atomic mass is 10.2. The van der Waals surface area contributed by atoms with Crippen molar-refractivity contribution < 1.29 is 18.0 Å². The standard InChI is InChI=1S/C13H14F3N7O/c1-23(4-8-20-12(17)22-13(18)21-8)5-9(24)19-7-3-2-6(14)10(15)11(7)16/h2-3H,4-5H2,1H3,(H,19,24)(H4,17,18,20,21,22). The minimum Gasteiger partial charge on any atom is -0.368 e. The van der Waals surface area contributed by atoms with E-state index in [-0.39, 0.29) is 30.8 Å². The summed E-state index contributed by atoms with van der Waals surface area (Å²) in [5, 5.41) is 2.15. The molecule has 1 amide bonds. The lowest BCUT2D eigenvalue weighted by molar-refractivity contribution is -0.117. The molecule has 2 rings (SSSR count). The van der Waals surface area contributed by atoms with E-state index in [1.165, 1.54) is 4.90 Å². The van der Waals surface area contributed by atoms with Gasteiger partial charge in [0.1, 0.15) is 5.82 Å². The molecular formula is C13H14F3N7O. The summed E-state index contributed by atoms with van der Waals surface area (Å²) in [7, 11) is 1.57. The number of nitrogens with two attached hydrogens (primary N) is 2. The van der Waals surface area contributed by atoms with E-state index in [1.54, 1.807) is 7.05 Å². The normalized spacial score (nSPS) is 10.9. The van der Waals surface area contributed by atoms with Crippen LogP contribution in [0.5, 0.6) is 0 Å². The molecule has 0 atom stereocenters. The highest BCUT2D eigenvalue weighted by Crippen LogP contribution is 2.19. The largest absolute Gasteiger partial charge is 0.368 e. The first kappa shape index (κ1) is 17.4. The van der Waals surface area contributed by atoms with Crippen LogP contribution in [0.15, 0.2) is 12.1 Å². The van der Waals surface area contributed by atoms with Gasteiger partial charge in [0.15, 0.2) is 17.5 Å². The Morgan fingerprint density at radius 2 is 1.75 bits per heavy atom. The van der Waals surface area contributed by atoms with Crippen molar-refractivity contribution in [3.8, 4) is 0 Å². The highest BCUT2D eigenvalue weighted by molar-refractivity contribution is 5.92. The third-order valence-corrected chi connectivity index (χ3v) is 2.85. The van der Waals surface area contributed by atoms with E-state index in [1.807, 2.05) is 0 Å². The Kier molecular flexibility index (Phi) is 5.14. The van der Waals surface area contributed by atoms with Crippen molar-refractivity contribution in [2.24, 2.45) is 0 Å².